The van der Waals surface area contributed by atoms with Gasteiger partial charge in [-0.15, -0.1) is 0 Å². The van der Waals surface area contributed by atoms with Crippen molar-refractivity contribution in [1.29, 1.82) is 0 Å². The van der Waals surface area contributed by atoms with Crippen molar-refractivity contribution < 1.29 is 9.50 Å². The lowest BCUT2D eigenvalue weighted by molar-refractivity contribution is 0.424. The van der Waals surface area contributed by atoms with E-state index in [4.69, 9.17) is 0 Å². The van der Waals surface area contributed by atoms with E-state index in [0.29, 0.717) is 5.75 Å². The number of unbranched alkanes of at least 4 members (excludes halogenated alkanes) is 2. The highest BCUT2D eigenvalue weighted by atomic mass is 31.1. The zero-order valence-electron chi connectivity index (χ0n) is 20.1. The van der Waals surface area contributed by atoms with E-state index in [2.05, 4.69) is 67.5 Å². The highest BCUT2D eigenvalue weighted by Gasteiger charge is 2.34. The first-order valence-corrected chi connectivity index (χ1v) is 12.2. The maximum Gasteiger partial charge on any atom is 0.130 e. The van der Waals surface area contributed by atoms with Crippen LogP contribution < -0.4 is 5.30 Å². The molecule has 0 bridgehead atoms. The summed E-state index contributed by atoms with van der Waals surface area (Å²) < 4.78 is 14.6. The third kappa shape index (κ3) is 5.85. The standard InChI is InChI=1S/C27H40FOP/c1-9-10-13-16-27(8,30-23-15-12-11-14-22(23)28)21-18-19(25(2,3)4)17-20(24(21)29)26(5,6)7/h11-12,14-15,17-18,29-30H,9-10,13,16H2,1-8H3. The molecule has 0 aliphatic heterocycles. The second-order valence-corrected chi connectivity index (χ2v) is 12.7. The molecule has 166 valence electrons. The fourth-order valence-electron chi connectivity index (χ4n) is 3.91. The van der Waals surface area contributed by atoms with Crippen LogP contribution in [0.5, 0.6) is 5.75 Å². The summed E-state index contributed by atoms with van der Waals surface area (Å²) in [5, 5.41) is 11.9. The van der Waals surface area contributed by atoms with Crippen LogP contribution in [-0.4, -0.2) is 5.11 Å². The quantitative estimate of drug-likeness (QED) is 0.349. The van der Waals surface area contributed by atoms with Crippen LogP contribution in [0.1, 0.15) is 97.8 Å². The Morgan fingerprint density at radius 1 is 0.867 bits per heavy atom. The van der Waals surface area contributed by atoms with Crippen molar-refractivity contribution in [3.05, 3.63) is 58.9 Å². The van der Waals surface area contributed by atoms with Gasteiger partial charge in [-0.3, -0.25) is 0 Å². The summed E-state index contributed by atoms with van der Waals surface area (Å²) in [5.41, 5.74) is 2.96. The summed E-state index contributed by atoms with van der Waals surface area (Å²) in [5.74, 6) is 0.235. The fraction of sp³-hybridized carbons (Fsp3) is 0.556. The molecule has 2 atom stereocenters. The van der Waals surface area contributed by atoms with Crippen molar-refractivity contribution in [2.75, 3.05) is 0 Å². The predicted octanol–water partition coefficient (Wildman–Crippen LogP) is 7.93. The summed E-state index contributed by atoms with van der Waals surface area (Å²) >= 11 is 0. The van der Waals surface area contributed by atoms with Gasteiger partial charge in [-0.25, -0.2) is 4.39 Å². The Balaban J connectivity index is 2.71. The smallest absolute Gasteiger partial charge is 0.130 e. The Hall–Kier alpha value is -1.40. The van der Waals surface area contributed by atoms with E-state index >= 15 is 0 Å². The van der Waals surface area contributed by atoms with E-state index in [1.807, 2.05) is 12.1 Å². The van der Waals surface area contributed by atoms with Crippen LogP contribution in [0.4, 0.5) is 4.39 Å². The highest BCUT2D eigenvalue weighted by Crippen LogP contribution is 2.51. The first-order valence-electron chi connectivity index (χ1n) is 11.2. The topological polar surface area (TPSA) is 20.2 Å². The number of phenols is 1. The van der Waals surface area contributed by atoms with Gasteiger partial charge in [0.05, 0.1) is 0 Å². The molecule has 2 aromatic carbocycles. The largest absolute Gasteiger partial charge is 0.507 e. The van der Waals surface area contributed by atoms with Crippen molar-refractivity contribution >= 4 is 13.9 Å². The molecule has 0 saturated heterocycles. The number of phenolic OH excluding ortho intramolecular Hbond substituents is 1. The fourth-order valence-corrected chi connectivity index (χ4v) is 5.52. The summed E-state index contributed by atoms with van der Waals surface area (Å²) in [6.45, 7) is 17.5. The van der Waals surface area contributed by atoms with Crippen LogP contribution in [-0.2, 0) is 16.0 Å². The predicted molar refractivity (Wildman–Crippen MR) is 131 cm³/mol. The molecule has 2 unspecified atom stereocenters. The lowest BCUT2D eigenvalue weighted by atomic mass is 9.77. The molecule has 2 rings (SSSR count). The van der Waals surface area contributed by atoms with Crippen molar-refractivity contribution in [2.24, 2.45) is 0 Å². The first kappa shape index (κ1) is 24.9. The second-order valence-electron chi connectivity index (χ2n) is 10.8. The highest BCUT2D eigenvalue weighted by molar-refractivity contribution is 7.48. The van der Waals surface area contributed by atoms with Gasteiger partial charge in [-0.1, -0.05) is 114 Å². The lowest BCUT2D eigenvalue weighted by Gasteiger charge is -2.35. The maximum atomic E-state index is 14.6. The Morgan fingerprint density at radius 2 is 1.47 bits per heavy atom. The van der Waals surface area contributed by atoms with Gasteiger partial charge in [0.2, 0.25) is 0 Å². The minimum Gasteiger partial charge on any atom is -0.507 e. The normalized spacial score (nSPS) is 15.0. The van der Waals surface area contributed by atoms with Crippen LogP contribution in [0, 0.1) is 5.82 Å². The zero-order valence-corrected chi connectivity index (χ0v) is 21.1. The minimum absolute atomic E-state index is 0.0338. The van der Waals surface area contributed by atoms with Crippen LogP contribution in [0.2, 0.25) is 0 Å². The van der Waals surface area contributed by atoms with E-state index < -0.39 is 0 Å². The van der Waals surface area contributed by atoms with Gasteiger partial charge in [0, 0.05) is 16.0 Å². The van der Waals surface area contributed by atoms with Gasteiger partial charge in [-0.05, 0) is 34.4 Å². The van der Waals surface area contributed by atoms with E-state index in [-0.39, 0.29) is 30.4 Å². The van der Waals surface area contributed by atoms with Gasteiger partial charge in [0.15, 0.2) is 0 Å². The third-order valence-electron chi connectivity index (χ3n) is 5.94. The van der Waals surface area contributed by atoms with Crippen LogP contribution in [0.3, 0.4) is 0 Å². The Kier molecular flexibility index (Phi) is 7.78. The molecule has 3 heteroatoms. The first-order chi connectivity index (χ1) is 13.8. The summed E-state index contributed by atoms with van der Waals surface area (Å²) in [6.07, 6.45) is 4.28. The molecule has 0 heterocycles. The molecule has 0 radical (unpaired) electrons. The number of hydrogen-bond donors (Lipinski definition) is 1. The molecule has 0 fully saturated rings. The average molecular weight is 431 g/mol. The molecule has 0 aliphatic rings. The monoisotopic (exact) mass is 430 g/mol. The second kappa shape index (κ2) is 9.39. The molecule has 0 aromatic heterocycles. The van der Waals surface area contributed by atoms with E-state index in [1.165, 1.54) is 5.56 Å². The van der Waals surface area contributed by atoms with Crippen molar-refractivity contribution in [1.82, 2.24) is 0 Å². The lowest BCUT2D eigenvalue weighted by Crippen LogP contribution is -2.24. The van der Waals surface area contributed by atoms with Gasteiger partial charge in [0.25, 0.3) is 0 Å². The zero-order chi connectivity index (χ0) is 22.7. The maximum absolute atomic E-state index is 14.6. The number of halogens is 1. The molecular weight excluding hydrogens is 390 g/mol. The van der Waals surface area contributed by atoms with E-state index in [9.17, 15) is 9.50 Å². The van der Waals surface area contributed by atoms with Crippen LogP contribution in [0.25, 0.3) is 0 Å². The number of benzene rings is 2. The summed E-state index contributed by atoms with van der Waals surface area (Å²) in [4.78, 5) is 0. The molecule has 1 nitrogen and oxygen atoms in total. The Bertz CT molecular complexity index is 860. The molecule has 0 amide bonds. The molecule has 0 spiro atoms. The van der Waals surface area contributed by atoms with Crippen LogP contribution >= 0.6 is 8.58 Å². The molecule has 1 N–H and O–H groups in total. The number of aromatic hydroxyl groups is 1. The molecule has 2 aromatic rings. The van der Waals surface area contributed by atoms with Gasteiger partial charge >= 0.3 is 0 Å². The third-order valence-corrected chi connectivity index (χ3v) is 7.69. The van der Waals surface area contributed by atoms with E-state index in [1.54, 1.807) is 12.1 Å². The number of hydrogen-bond acceptors (Lipinski definition) is 1. The van der Waals surface area contributed by atoms with Gasteiger partial charge in [0.1, 0.15) is 11.6 Å². The minimum atomic E-state index is -0.317. The summed E-state index contributed by atoms with van der Waals surface area (Å²) in [6, 6.07) is 11.4. The molecule has 0 aliphatic carbocycles. The average Bonchev–Trinajstić information content (AvgIpc) is 2.62. The SMILES string of the molecule is CCCCCC(C)(Pc1ccccc1F)c1cc(C(C)(C)C)cc(C(C)(C)C)c1O. The van der Waals surface area contributed by atoms with Crippen LogP contribution in [0.15, 0.2) is 36.4 Å². The van der Waals surface area contributed by atoms with Crippen molar-refractivity contribution in [3.8, 4) is 5.75 Å². The van der Waals surface area contributed by atoms with Crippen molar-refractivity contribution in [3.63, 3.8) is 0 Å². The molecule has 30 heavy (non-hydrogen) atoms. The Labute approximate surface area is 185 Å². The molecular formula is C27H40FOP. The summed E-state index contributed by atoms with van der Waals surface area (Å²) in [7, 11) is 0.257. The molecule has 0 saturated carbocycles. The van der Waals surface area contributed by atoms with Crippen molar-refractivity contribution in [2.45, 2.75) is 97.1 Å². The van der Waals surface area contributed by atoms with Gasteiger partial charge < -0.3 is 5.11 Å². The Morgan fingerprint density at radius 3 is 2.00 bits per heavy atom. The van der Waals surface area contributed by atoms with E-state index in [0.717, 1.165) is 42.1 Å². The van der Waals surface area contributed by atoms with Gasteiger partial charge in [-0.2, -0.15) is 0 Å². The number of rotatable bonds is 7.